The highest BCUT2D eigenvalue weighted by molar-refractivity contribution is 5.69. The van der Waals surface area contributed by atoms with Gasteiger partial charge in [0.15, 0.2) is 0 Å². The molecule has 2 rings (SSSR count). The lowest BCUT2D eigenvalue weighted by atomic mass is 10.0. The lowest BCUT2D eigenvalue weighted by Crippen LogP contribution is -2.19. The average Bonchev–Trinajstić information content (AvgIpc) is 2.93. The SMILES string of the molecule is COC(=O)CCC1CCN(c2ccc(OC)cc2)C1. The second-order valence-electron chi connectivity index (χ2n) is 4.91. The van der Waals surface area contributed by atoms with Crippen molar-refractivity contribution in [3.05, 3.63) is 24.3 Å². The van der Waals surface area contributed by atoms with Gasteiger partial charge in [-0.15, -0.1) is 0 Å². The molecule has 0 spiro atoms. The summed E-state index contributed by atoms with van der Waals surface area (Å²) in [6.07, 6.45) is 2.58. The molecule has 0 N–H and O–H groups in total. The zero-order valence-corrected chi connectivity index (χ0v) is 11.6. The fourth-order valence-electron chi connectivity index (χ4n) is 2.52. The van der Waals surface area contributed by atoms with E-state index >= 15 is 0 Å². The second-order valence-corrected chi connectivity index (χ2v) is 4.91. The zero-order valence-electron chi connectivity index (χ0n) is 11.6. The molecule has 1 atom stereocenters. The summed E-state index contributed by atoms with van der Waals surface area (Å²) in [5.41, 5.74) is 1.22. The van der Waals surface area contributed by atoms with E-state index in [2.05, 4.69) is 21.8 Å². The molecule has 1 heterocycles. The molecule has 104 valence electrons. The van der Waals surface area contributed by atoms with Crippen LogP contribution in [0.5, 0.6) is 5.75 Å². The molecule has 0 aromatic heterocycles. The molecule has 0 bridgehead atoms. The number of ether oxygens (including phenoxy) is 2. The van der Waals surface area contributed by atoms with Crippen LogP contribution in [0.15, 0.2) is 24.3 Å². The smallest absolute Gasteiger partial charge is 0.305 e. The van der Waals surface area contributed by atoms with Crippen LogP contribution in [0, 0.1) is 5.92 Å². The predicted molar refractivity (Wildman–Crippen MR) is 74.6 cm³/mol. The first-order valence-corrected chi connectivity index (χ1v) is 6.68. The highest BCUT2D eigenvalue weighted by Gasteiger charge is 2.23. The lowest BCUT2D eigenvalue weighted by molar-refractivity contribution is -0.140. The molecule has 1 aromatic carbocycles. The van der Waals surface area contributed by atoms with Crippen molar-refractivity contribution in [2.45, 2.75) is 19.3 Å². The van der Waals surface area contributed by atoms with E-state index in [0.29, 0.717) is 12.3 Å². The summed E-state index contributed by atoms with van der Waals surface area (Å²) in [4.78, 5) is 13.5. The van der Waals surface area contributed by atoms with Crippen molar-refractivity contribution in [3.63, 3.8) is 0 Å². The third-order valence-corrected chi connectivity index (χ3v) is 3.71. The topological polar surface area (TPSA) is 38.8 Å². The maximum atomic E-state index is 11.1. The van der Waals surface area contributed by atoms with Gasteiger partial charge in [-0.2, -0.15) is 0 Å². The molecule has 0 amide bonds. The first kappa shape index (κ1) is 13.7. The molecule has 1 unspecified atom stereocenters. The molecule has 19 heavy (non-hydrogen) atoms. The van der Waals surface area contributed by atoms with Gasteiger partial charge in [-0.25, -0.2) is 0 Å². The van der Waals surface area contributed by atoms with Crippen LogP contribution in [0.3, 0.4) is 0 Å². The van der Waals surface area contributed by atoms with E-state index in [1.807, 2.05) is 12.1 Å². The minimum absolute atomic E-state index is 0.108. The molecular formula is C15H21NO3. The number of benzene rings is 1. The van der Waals surface area contributed by atoms with Gasteiger partial charge in [-0.3, -0.25) is 4.79 Å². The van der Waals surface area contributed by atoms with Crippen LogP contribution < -0.4 is 9.64 Å². The Labute approximate surface area is 114 Å². The van der Waals surface area contributed by atoms with Crippen LogP contribution in [0.25, 0.3) is 0 Å². The van der Waals surface area contributed by atoms with Crippen LogP contribution in [0.1, 0.15) is 19.3 Å². The van der Waals surface area contributed by atoms with Gasteiger partial charge in [-0.1, -0.05) is 0 Å². The third-order valence-electron chi connectivity index (χ3n) is 3.71. The predicted octanol–water partition coefficient (Wildman–Crippen LogP) is 2.47. The normalized spacial score (nSPS) is 18.4. The lowest BCUT2D eigenvalue weighted by Gasteiger charge is -2.19. The van der Waals surface area contributed by atoms with Crippen LogP contribution in [-0.4, -0.2) is 33.3 Å². The third kappa shape index (κ3) is 3.63. The number of rotatable bonds is 5. The Morgan fingerprint density at radius 1 is 1.32 bits per heavy atom. The summed E-state index contributed by atoms with van der Waals surface area (Å²) >= 11 is 0. The van der Waals surface area contributed by atoms with Crippen molar-refractivity contribution in [2.75, 3.05) is 32.2 Å². The molecule has 1 fully saturated rings. The first-order valence-electron chi connectivity index (χ1n) is 6.68. The van der Waals surface area contributed by atoms with Gasteiger partial charge >= 0.3 is 5.97 Å². The highest BCUT2D eigenvalue weighted by atomic mass is 16.5. The fraction of sp³-hybridized carbons (Fsp3) is 0.533. The van der Waals surface area contributed by atoms with Crippen molar-refractivity contribution in [2.24, 2.45) is 5.92 Å². The van der Waals surface area contributed by atoms with Crippen LogP contribution in [0.2, 0.25) is 0 Å². The Bertz CT molecular complexity index is 416. The van der Waals surface area contributed by atoms with E-state index in [-0.39, 0.29) is 5.97 Å². The molecule has 0 aliphatic carbocycles. The van der Waals surface area contributed by atoms with Crippen molar-refractivity contribution in [1.82, 2.24) is 0 Å². The Morgan fingerprint density at radius 3 is 2.68 bits per heavy atom. The highest BCUT2D eigenvalue weighted by Crippen LogP contribution is 2.27. The molecule has 1 aromatic rings. The number of hydrogen-bond acceptors (Lipinski definition) is 4. The number of methoxy groups -OCH3 is 2. The van der Waals surface area contributed by atoms with E-state index in [0.717, 1.165) is 31.7 Å². The number of esters is 1. The van der Waals surface area contributed by atoms with Gasteiger partial charge in [0.25, 0.3) is 0 Å². The summed E-state index contributed by atoms with van der Waals surface area (Å²) in [6.45, 7) is 2.07. The Morgan fingerprint density at radius 2 is 2.05 bits per heavy atom. The summed E-state index contributed by atoms with van der Waals surface area (Å²) in [7, 11) is 3.12. The second kappa shape index (κ2) is 6.45. The number of carbonyl (C=O) groups excluding carboxylic acids is 1. The summed E-state index contributed by atoms with van der Waals surface area (Å²) in [6, 6.07) is 8.14. The Hall–Kier alpha value is -1.71. The molecule has 1 saturated heterocycles. The average molecular weight is 263 g/mol. The van der Waals surface area contributed by atoms with Gasteiger partial charge in [-0.05, 0) is 43.0 Å². The molecule has 4 nitrogen and oxygen atoms in total. The minimum Gasteiger partial charge on any atom is -0.497 e. The largest absolute Gasteiger partial charge is 0.497 e. The maximum Gasteiger partial charge on any atom is 0.305 e. The van der Waals surface area contributed by atoms with E-state index in [1.54, 1.807) is 7.11 Å². The molecule has 0 radical (unpaired) electrons. The fourth-order valence-corrected chi connectivity index (χ4v) is 2.52. The van der Waals surface area contributed by atoms with Gasteiger partial charge in [0.1, 0.15) is 5.75 Å². The number of nitrogens with zero attached hydrogens (tertiary/aromatic N) is 1. The Kier molecular flexibility index (Phi) is 4.66. The molecule has 0 saturated carbocycles. The zero-order chi connectivity index (χ0) is 13.7. The van der Waals surface area contributed by atoms with Crippen molar-refractivity contribution in [1.29, 1.82) is 0 Å². The van der Waals surface area contributed by atoms with E-state index in [9.17, 15) is 4.79 Å². The molecule has 1 aliphatic rings. The minimum atomic E-state index is -0.108. The number of hydrogen-bond donors (Lipinski definition) is 0. The van der Waals surface area contributed by atoms with Gasteiger partial charge in [0, 0.05) is 25.2 Å². The summed E-state index contributed by atoms with van der Waals surface area (Å²) in [5, 5.41) is 0. The standard InChI is InChI=1S/C15H21NO3/c1-18-14-6-4-13(5-7-14)16-10-9-12(11-16)3-8-15(17)19-2/h4-7,12H,3,8-11H2,1-2H3. The van der Waals surface area contributed by atoms with Crippen LogP contribution >= 0.6 is 0 Å². The van der Waals surface area contributed by atoms with Crippen LogP contribution in [-0.2, 0) is 9.53 Å². The van der Waals surface area contributed by atoms with Crippen molar-refractivity contribution < 1.29 is 14.3 Å². The summed E-state index contributed by atoms with van der Waals surface area (Å²) in [5.74, 6) is 1.36. The van der Waals surface area contributed by atoms with Crippen LogP contribution in [0.4, 0.5) is 5.69 Å². The maximum absolute atomic E-state index is 11.1. The quantitative estimate of drug-likeness (QED) is 0.765. The van der Waals surface area contributed by atoms with Crippen molar-refractivity contribution in [3.8, 4) is 5.75 Å². The number of carbonyl (C=O) groups is 1. The first-order chi connectivity index (χ1) is 9.22. The summed E-state index contributed by atoms with van der Waals surface area (Å²) < 4.78 is 9.84. The monoisotopic (exact) mass is 263 g/mol. The van der Waals surface area contributed by atoms with Gasteiger partial charge in [0.2, 0.25) is 0 Å². The van der Waals surface area contributed by atoms with E-state index < -0.39 is 0 Å². The van der Waals surface area contributed by atoms with E-state index in [1.165, 1.54) is 12.8 Å². The van der Waals surface area contributed by atoms with Gasteiger partial charge in [0.05, 0.1) is 14.2 Å². The van der Waals surface area contributed by atoms with E-state index in [4.69, 9.17) is 4.74 Å². The molecule has 1 aliphatic heterocycles. The molecule has 4 heteroatoms. The molecular weight excluding hydrogens is 242 g/mol. The van der Waals surface area contributed by atoms with Gasteiger partial charge < -0.3 is 14.4 Å². The number of anilines is 1. The van der Waals surface area contributed by atoms with Crippen molar-refractivity contribution >= 4 is 11.7 Å². The Balaban J connectivity index is 1.85.